The van der Waals surface area contributed by atoms with Crippen molar-refractivity contribution in [1.82, 2.24) is 0 Å². The molecule has 0 heterocycles. The lowest BCUT2D eigenvalue weighted by Gasteiger charge is -2.21. The van der Waals surface area contributed by atoms with Crippen molar-refractivity contribution in [2.75, 3.05) is 11.5 Å². The summed E-state index contributed by atoms with van der Waals surface area (Å²) in [4.78, 5) is 0.982. The van der Waals surface area contributed by atoms with Crippen LogP contribution in [0.2, 0.25) is 0 Å². The highest BCUT2D eigenvalue weighted by Gasteiger charge is 2.17. The minimum Gasteiger partial charge on any atom is -0.398 e. The van der Waals surface area contributed by atoms with Gasteiger partial charge in [0, 0.05) is 17.1 Å². The molecule has 124 valence electrons. The molecule has 0 radical (unpaired) electrons. The van der Waals surface area contributed by atoms with E-state index in [0.29, 0.717) is 0 Å². The van der Waals surface area contributed by atoms with Gasteiger partial charge < -0.3 is 11.5 Å². The Kier molecular flexibility index (Phi) is 4.46. The second-order valence-corrected chi connectivity index (χ2v) is 8.15. The molecule has 4 N–H and O–H groups in total. The summed E-state index contributed by atoms with van der Waals surface area (Å²) in [6.07, 6.45) is 0. The van der Waals surface area contributed by atoms with E-state index in [1.807, 2.05) is 0 Å². The first-order valence-electron chi connectivity index (χ1n) is 8.15. The molecular weight excluding hydrogens is 312 g/mol. The van der Waals surface area contributed by atoms with E-state index in [4.69, 9.17) is 11.5 Å². The maximum absolute atomic E-state index is 6.29. The molecule has 0 bridgehead atoms. The van der Waals surface area contributed by atoms with Gasteiger partial charge >= 0.3 is 0 Å². The zero-order valence-electron chi connectivity index (χ0n) is 14.5. The highest BCUT2D eigenvalue weighted by molar-refractivity contribution is 7.98. The van der Waals surface area contributed by atoms with Gasteiger partial charge in [0.25, 0.3) is 0 Å². The van der Waals surface area contributed by atoms with Gasteiger partial charge in [0.05, 0.1) is 4.90 Å². The van der Waals surface area contributed by atoms with Gasteiger partial charge in [-0.05, 0) is 39.4 Å². The molecule has 3 heteroatoms. The van der Waals surface area contributed by atoms with Crippen molar-refractivity contribution in [2.45, 2.75) is 36.8 Å². The first kappa shape index (κ1) is 16.7. The molecule has 0 saturated carbocycles. The van der Waals surface area contributed by atoms with Gasteiger partial charge in [-0.15, -0.1) is 11.8 Å². The summed E-state index contributed by atoms with van der Waals surface area (Å²) in [6, 6.07) is 19.0. The van der Waals surface area contributed by atoms with E-state index in [0.717, 1.165) is 22.0 Å². The van der Waals surface area contributed by atoms with Gasteiger partial charge in [-0.25, -0.2) is 0 Å². The molecule has 0 aliphatic heterocycles. The predicted molar refractivity (Wildman–Crippen MR) is 107 cm³/mol. The highest BCUT2D eigenvalue weighted by atomic mass is 32.2. The first-order valence-corrected chi connectivity index (χ1v) is 9.14. The number of hydrogen-bond donors (Lipinski definition) is 2. The standard InChI is InChI=1S/C21H24N2S/c1-21(2,3)16-11-18(22)20(19(23)12-16)24-13-15-9-6-8-14-7-4-5-10-17(14)15/h4-12H,13,22-23H2,1-3H3. The van der Waals surface area contributed by atoms with Crippen LogP contribution in [0.15, 0.2) is 59.5 Å². The van der Waals surface area contributed by atoms with Gasteiger partial charge in [-0.1, -0.05) is 63.2 Å². The van der Waals surface area contributed by atoms with Crippen LogP contribution in [0.1, 0.15) is 31.9 Å². The van der Waals surface area contributed by atoms with Crippen molar-refractivity contribution in [3.8, 4) is 0 Å². The topological polar surface area (TPSA) is 52.0 Å². The van der Waals surface area contributed by atoms with Gasteiger partial charge in [-0.2, -0.15) is 0 Å². The second-order valence-electron chi connectivity index (χ2n) is 7.16. The third kappa shape index (κ3) is 3.36. The molecule has 0 fully saturated rings. The molecule has 0 amide bonds. The summed E-state index contributed by atoms with van der Waals surface area (Å²) in [5.74, 6) is 0.852. The first-order chi connectivity index (χ1) is 11.4. The van der Waals surface area contributed by atoms with Crippen LogP contribution in [0.4, 0.5) is 11.4 Å². The third-order valence-electron chi connectivity index (χ3n) is 4.26. The quantitative estimate of drug-likeness (QED) is 0.484. The summed E-state index contributed by atoms with van der Waals surface area (Å²) in [5.41, 5.74) is 16.6. The summed E-state index contributed by atoms with van der Waals surface area (Å²) in [5, 5.41) is 2.55. The Bertz CT molecular complexity index is 850. The van der Waals surface area contributed by atoms with Crippen molar-refractivity contribution in [1.29, 1.82) is 0 Å². The predicted octanol–water partition coefficient (Wildman–Crippen LogP) is 5.59. The van der Waals surface area contributed by atoms with Crippen molar-refractivity contribution < 1.29 is 0 Å². The number of fused-ring (bicyclic) bond motifs is 1. The SMILES string of the molecule is CC(C)(C)c1cc(N)c(SCc2cccc3ccccc23)c(N)c1. The molecule has 0 unspecified atom stereocenters. The van der Waals surface area contributed by atoms with E-state index in [1.165, 1.54) is 21.9 Å². The fraction of sp³-hybridized carbons (Fsp3) is 0.238. The number of nitrogen functional groups attached to an aromatic ring is 2. The van der Waals surface area contributed by atoms with Crippen LogP contribution < -0.4 is 11.5 Å². The number of thioether (sulfide) groups is 1. The molecule has 2 nitrogen and oxygen atoms in total. The normalized spacial score (nSPS) is 11.8. The molecule has 0 aromatic heterocycles. The Morgan fingerprint density at radius 2 is 1.50 bits per heavy atom. The minimum absolute atomic E-state index is 0.0427. The fourth-order valence-corrected chi connectivity index (χ4v) is 3.85. The Hall–Kier alpha value is -2.13. The van der Waals surface area contributed by atoms with E-state index in [9.17, 15) is 0 Å². The molecule has 0 aliphatic rings. The van der Waals surface area contributed by atoms with Crippen LogP contribution in [-0.4, -0.2) is 0 Å². The molecule has 0 spiro atoms. The van der Waals surface area contributed by atoms with Crippen LogP contribution in [0, 0.1) is 0 Å². The van der Waals surface area contributed by atoms with Crippen molar-refractivity contribution in [3.05, 3.63) is 65.7 Å². The molecular formula is C21H24N2S. The Morgan fingerprint density at radius 3 is 2.17 bits per heavy atom. The van der Waals surface area contributed by atoms with Crippen LogP contribution in [0.25, 0.3) is 10.8 Å². The molecule has 3 aromatic rings. The zero-order valence-corrected chi connectivity index (χ0v) is 15.3. The van der Waals surface area contributed by atoms with E-state index < -0.39 is 0 Å². The largest absolute Gasteiger partial charge is 0.398 e. The van der Waals surface area contributed by atoms with Crippen molar-refractivity contribution >= 4 is 33.9 Å². The maximum atomic E-state index is 6.29. The van der Waals surface area contributed by atoms with Crippen LogP contribution >= 0.6 is 11.8 Å². The summed E-state index contributed by atoms with van der Waals surface area (Å²) in [6.45, 7) is 6.51. The number of benzene rings is 3. The van der Waals surface area contributed by atoms with Crippen molar-refractivity contribution in [3.63, 3.8) is 0 Å². The highest BCUT2D eigenvalue weighted by Crippen LogP contribution is 2.38. The molecule has 3 aromatic carbocycles. The Balaban J connectivity index is 1.89. The van der Waals surface area contributed by atoms with Gasteiger partial charge in [0.2, 0.25) is 0 Å². The third-order valence-corrected chi connectivity index (χ3v) is 5.48. The minimum atomic E-state index is 0.0427. The second kappa shape index (κ2) is 6.40. The number of nitrogens with two attached hydrogens (primary N) is 2. The number of hydrogen-bond acceptors (Lipinski definition) is 3. The van der Waals surface area contributed by atoms with E-state index in [2.05, 4.69) is 75.4 Å². The Labute approximate surface area is 148 Å². The summed E-state index contributed by atoms with van der Waals surface area (Å²) in [7, 11) is 0. The molecule has 0 atom stereocenters. The number of anilines is 2. The van der Waals surface area contributed by atoms with Crippen LogP contribution in [0.5, 0.6) is 0 Å². The Morgan fingerprint density at radius 1 is 0.875 bits per heavy atom. The van der Waals surface area contributed by atoms with E-state index in [-0.39, 0.29) is 5.41 Å². The van der Waals surface area contributed by atoms with E-state index >= 15 is 0 Å². The number of rotatable bonds is 3. The van der Waals surface area contributed by atoms with Gasteiger partial charge in [0.15, 0.2) is 0 Å². The van der Waals surface area contributed by atoms with Crippen molar-refractivity contribution in [2.24, 2.45) is 0 Å². The van der Waals surface area contributed by atoms with Gasteiger partial charge in [0.1, 0.15) is 0 Å². The summed E-state index contributed by atoms with van der Waals surface area (Å²) >= 11 is 1.71. The fourth-order valence-electron chi connectivity index (χ4n) is 2.84. The molecule has 3 rings (SSSR count). The monoisotopic (exact) mass is 336 g/mol. The lowest BCUT2D eigenvalue weighted by Crippen LogP contribution is -2.12. The van der Waals surface area contributed by atoms with Gasteiger partial charge in [-0.3, -0.25) is 0 Å². The lowest BCUT2D eigenvalue weighted by molar-refractivity contribution is 0.590. The smallest absolute Gasteiger partial charge is 0.0536 e. The summed E-state index contributed by atoms with van der Waals surface area (Å²) < 4.78 is 0. The molecule has 0 aliphatic carbocycles. The van der Waals surface area contributed by atoms with Crippen LogP contribution in [-0.2, 0) is 11.2 Å². The maximum Gasteiger partial charge on any atom is 0.0536 e. The van der Waals surface area contributed by atoms with E-state index in [1.54, 1.807) is 11.8 Å². The average molecular weight is 337 g/mol. The molecule has 24 heavy (non-hydrogen) atoms. The lowest BCUT2D eigenvalue weighted by atomic mass is 9.86. The molecule has 0 saturated heterocycles. The zero-order chi connectivity index (χ0) is 17.3. The van der Waals surface area contributed by atoms with Crippen LogP contribution in [0.3, 0.4) is 0 Å². The average Bonchev–Trinajstić information content (AvgIpc) is 2.53.